The fourth-order valence-corrected chi connectivity index (χ4v) is 5.65. The van der Waals surface area contributed by atoms with Crippen LogP contribution in [-0.4, -0.2) is 25.0 Å². The maximum Gasteiger partial charge on any atom is 0.262 e. The summed E-state index contributed by atoms with van der Waals surface area (Å²) in [7, 11) is 0. The van der Waals surface area contributed by atoms with Crippen LogP contribution in [0.3, 0.4) is 0 Å². The predicted molar refractivity (Wildman–Crippen MR) is 121 cm³/mol. The number of hydrogen-bond acceptors (Lipinski definition) is 5. The minimum absolute atomic E-state index is 0.137. The highest BCUT2D eigenvalue weighted by Gasteiger charge is 2.25. The Morgan fingerprint density at radius 2 is 2.23 bits per heavy atom. The van der Waals surface area contributed by atoms with E-state index >= 15 is 0 Å². The Morgan fingerprint density at radius 1 is 1.33 bits per heavy atom. The van der Waals surface area contributed by atoms with Crippen molar-refractivity contribution in [3.05, 3.63) is 62.9 Å². The number of aryl methyl sites for hydroxylation is 3. The molecule has 1 N–H and O–H groups in total. The zero-order valence-corrected chi connectivity index (χ0v) is 18.3. The smallest absolute Gasteiger partial charge is 0.262 e. The van der Waals surface area contributed by atoms with Crippen LogP contribution in [0.25, 0.3) is 15.9 Å². The van der Waals surface area contributed by atoms with Gasteiger partial charge in [-0.05, 0) is 50.3 Å². The van der Waals surface area contributed by atoms with Crippen molar-refractivity contribution in [1.29, 1.82) is 0 Å². The topological polar surface area (TPSA) is 64.2 Å². The second-order valence-electron chi connectivity index (χ2n) is 8.23. The lowest BCUT2D eigenvalue weighted by atomic mass is 9.93. The summed E-state index contributed by atoms with van der Waals surface area (Å²) in [6.07, 6.45) is 8.86. The number of thiophene rings is 1. The van der Waals surface area contributed by atoms with Crippen LogP contribution in [0, 0.1) is 6.92 Å². The number of imidazole rings is 1. The molecule has 0 unspecified atom stereocenters. The first kappa shape index (κ1) is 19.5. The molecule has 4 aromatic heterocycles. The van der Waals surface area contributed by atoms with Gasteiger partial charge in [-0.25, -0.2) is 9.97 Å². The number of nitrogens with one attached hydrogen (secondary N) is 1. The summed E-state index contributed by atoms with van der Waals surface area (Å²) in [4.78, 5) is 24.5. The molecule has 0 aromatic carbocycles. The monoisotopic (exact) mass is 421 g/mol. The normalized spacial score (nSPS) is 16.4. The molecule has 0 amide bonds. The van der Waals surface area contributed by atoms with E-state index in [4.69, 9.17) is 4.98 Å². The third-order valence-corrected chi connectivity index (χ3v) is 7.27. The van der Waals surface area contributed by atoms with E-state index in [1.807, 2.05) is 12.1 Å². The van der Waals surface area contributed by atoms with Crippen LogP contribution < -0.4 is 10.9 Å². The van der Waals surface area contributed by atoms with Crippen molar-refractivity contribution in [2.45, 2.75) is 65.1 Å². The Balaban J connectivity index is 1.33. The van der Waals surface area contributed by atoms with Gasteiger partial charge in [0.15, 0.2) is 0 Å². The zero-order chi connectivity index (χ0) is 20.7. The first-order valence-corrected chi connectivity index (χ1v) is 11.6. The Kier molecular flexibility index (Phi) is 5.16. The standard InChI is InChI=1S/C23H27N5OS/c1-3-4-10-27-14-25-22-21(23(27)29)18-9-8-16(11-19(18)30-22)24-12-17-13-28-15(2)6-5-7-20(28)26-17/h5-7,13-14,16,24H,3-4,8-12H2,1-2H3/t16-/m1/s1. The molecule has 0 saturated heterocycles. The van der Waals surface area contributed by atoms with Crippen LogP contribution in [0.15, 0.2) is 35.5 Å². The lowest BCUT2D eigenvalue weighted by Gasteiger charge is -2.23. The molecule has 4 heterocycles. The molecule has 0 fully saturated rings. The highest BCUT2D eigenvalue weighted by molar-refractivity contribution is 7.18. The Bertz CT molecular complexity index is 1270. The Labute approximate surface area is 179 Å². The molecule has 1 aliphatic carbocycles. The van der Waals surface area contributed by atoms with Gasteiger partial charge < -0.3 is 9.72 Å². The molecule has 0 aliphatic heterocycles. The lowest BCUT2D eigenvalue weighted by Crippen LogP contribution is -2.34. The molecule has 5 rings (SSSR count). The van der Waals surface area contributed by atoms with Gasteiger partial charge in [0.25, 0.3) is 5.56 Å². The Hall–Kier alpha value is -2.51. The number of rotatable bonds is 6. The van der Waals surface area contributed by atoms with E-state index in [1.54, 1.807) is 22.2 Å². The summed E-state index contributed by atoms with van der Waals surface area (Å²) < 4.78 is 3.92. The van der Waals surface area contributed by atoms with Gasteiger partial charge >= 0.3 is 0 Å². The minimum atomic E-state index is 0.137. The second-order valence-corrected chi connectivity index (χ2v) is 9.31. The zero-order valence-electron chi connectivity index (χ0n) is 17.5. The SMILES string of the molecule is CCCCn1cnc2sc3c(c2c1=O)CC[C@@H](NCc1cn2c(C)cccc2n1)C3. The quantitative estimate of drug-likeness (QED) is 0.513. The number of unbranched alkanes of at least 4 members (excludes halogenated alkanes) is 1. The molecule has 7 heteroatoms. The molecular weight excluding hydrogens is 394 g/mol. The van der Waals surface area contributed by atoms with Gasteiger partial charge in [-0.1, -0.05) is 19.4 Å². The van der Waals surface area contributed by atoms with Crippen molar-refractivity contribution < 1.29 is 0 Å². The van der Waals surface area contributed by atoms with Crippen molar-refractivity contribution in [3.8, 4) is 0 Å². The Morgan fingerprint density at radius 3 is 3.07 bits per heavy atom. The average Bonchev–Trinajstić information content (AvgIpc) is 3.33. The molecule has 0 spiro atoms. The number of fused-ring (bicyclic) bond motifs is 4. The van der Waals surface area contributed by atoms with Crippen molar-refractivity contribution in [1.82, 2.24) is 24.3 Å². The molecule has 4 aromatic rings. The molecule has 0 bridgehead atoms. The van der Waals surface area contributed by atoms with Crippen LogP contribution in [0.5, 0.6) is 0 Å². The van der Waals surface area contributed by atoms with E-state index < -0.39 is 0 Å². The van der Waals surface area contributed by atoms with Crippen LogP contribution in [0.1, 0.15) is 48.0 Å². The van der Waals surface area contributed by atoms with E-state index in [2.05, 4.69) is 40.8 Å². The van der Waals surface area contributed by atoms with Crippen LogP contribution in [0.4, 0.5) is 0 Å². The van der Waals surface area contributed by atoms with Crippen molar-refractivity contribution in [2.75, 3.05) is 0 Å². The predicted octanol–water partition coefficient (Wildman–Crippen LogP) is 3.86. The van der Waals surface area contributed by atoms with Crippen LogP contribution in [0.2, 0.25) is 0 Å². The van der Waals surface area contributed by atoms with Gasteiger partial charge in [0, 0.05) is 35.9 Å². The first-order chi connectivity index (χ1) is 14.6. The van der Waals surface area contributed by atoms with E-state index in [0.717, 1.165) is 66.8 Å². The molecule has 1 atom stereocenters. The average molecular weight is 422 g/mol. The summed E-state index contributed by atoms with van der Waals surface area (Å²) in [5.74, 6) is 0. The van der Waals surface area contributed by atoms with Gasteiger partial charge in [0.2, 0.25) is 0 Å². The summed E-state index contributed by atoms with van der Waals surface area (Å²) in [6, 6.07) is 6.59. The molecule has 0 radical (unpaired) electrons. The number of nitrogens with zero attached hydrogens (tertiary/aromatic N) is 4. The molecular formula is C23H27N5OS. The number of pyridine rings is 1. The lowest BCUT2D eigenvalue weighted by molar-refractivity contribution is 0.460. The fraction of sp³-hybridized carbons (Fsp3) is 0.435. The third-order valence-electron chi connectivity index (χ3n) is 6.11. The first-order valence-electron chi connectivity index (χ1n) is 10.8. The largest absolute Gasteiger partial charge is 0.308 e. The van der Waals surface area contributed by atoms with Gasteiger partial charge in [-0.2, -0.15) is 0 Å². The molecule has 6 nitrogen and oxygen atoms in total. The highest BCUT2D eigenvalue weighted by Crippen LogP contribution is 2.33. The van der Waals surface area contributed by atoms with Crippen LogP contribution >= 0.6 is 11.3 Å². The van der Waals surface area contributed by atoms with E-state index in [9.17, 15) is 4.79 Å². The number of hydrogen-bond donors (Lipinski definition) is 1. The summed E-state index contributed by atoms with van der Waals surface area (Å²) in [5.41, 5.74) is 4.62. The molecule has 30 heavy (non-hydrogen) atoms. The highest BCUT2D eigenvalue weighted by atomic mass is 32.1. The van der Waals surface area contributed by atoms with Gasteiger partial charge in [0.05, 0.1) is 17.4 Å². The van der Waals surface area contributed by atoms with Gasteiger partial charge in [0.1, 0.15) is 10.5 Å². The van der Waals surface area contributed by atoms with Crippen molar-refractivity contribution in [3.63, 3.8) is 0 Å². The summed E-state index contributed by atoms with van der Waals surface area (Å²) >= 11 is 1.69. The number of aromatic nitrogens is 4. The van der Waals surface area contributed by atoms with Gasteiger partial charge in [-0.15, -0.1) is 11.3 Å². The van der Waals surface area contributed by atoms with Crippen molar-refractivity contribution in [2.24, 2.45) is 0 Å². The maximum atomic E-state index is 13.0. The van der Waals surface area contributed by atoms with Gasteiger partial charge in [-0.3, -0.25) is 9.36 Å². The summed E-state index contributed by atoms with van der Waals surface area (Å²) in [6.45, 7) is 5.75. The van der Waals surface area contributed by atoms with Crippen molar-refractivity contribution >= 4 is 27.2 Å². The maximum absolute atomic E-state index is 13.0. The van der Waals surface area contributed by atoms with E-state index in [-0.39, 0.29) is 5.56 Å². The molecule has 156 valence electrons. The fourth-order valence-electron chi connectivity index (χ4n) is 4.40. The van der Waals surface area contributed by atoms with E-state index in [0.29, 0.717) is 6.04 Å². The third kappa shape index (κ3) is 3.46. The minimum Gasteiger partial charge on any atom is -0.308 e. The second kappa shape index (κ2) is 7.96. The van der Waals surface area contributed by atoms with E-state index in [1.165, 1.54) is 16.1 Å². The summed E-state index contributed by atoms with van der Waals surface area (Å²) in [5, 5.41) is 4.55. The molecule has 0 saturated carbocycles. The van der Waals surface area contributed by atoms with Crippen LogP contribution in [-0.2, 0) is 25.9 Å². The molecule has 1 aliphatic rings.